The standard InChI is InChI=1S/C11H11FN2.C2H6/c1-7(2)10-8-4-3-5-9(12)11(8)14-6-13-10;1-2/h3-7H,1-2H3;1-2H3. The summed E-state index contributed by atoms with van der Waals surface area (Å²) < 4.78 is 13.3. The molecule has 0 aliphatic carbocycles. The summed E-state index contributed by atoms with van der Waals surface area (Å²) in [5.41, 5.74) is 1.31. The summed E-state index contributed by atoms with van der Waals surface area (Å²) in [6.07, 6.45) is 1.42. The Balaban J connectivity index is 0.000000606. The molecule has 0 aliphatic rings. The fourth-order valence-electron chi connectivity index (χ4n) is 1.53. The summed E-state index contributed by atoms with van der Waals surface area (Å²) in [4.78, 5) is 8.11. The van der Waals surface area contributed by atoms with E-state index in [1.165, 1.54) is 12.4 Å². The van der Waals surface area contributed by atoms with Gasteiger partial charge in [-0.2, -0.15) is 0 Å². The number of hydrogen-bond acceptors (Lipinski definition) is 2. The van der Waals surface area contributed by atoms with Crippen LogP contribution >= 0.6 is 0 Å². The molecule has 86 valence electrons. The van der Waals surface area contributed by atoms with Crippen LogP contribution < -0.4 is 0 Å². The highest BCUT2D eigenvalue weighted by atomic mass is 19.1. The molecule has 1 heterocycles. The van der Waals surface area contributed by atoms with E-state index in [1.54, 1.807) is 6.07 Å². The number of fused-ring (bicyclic) bond motifs is 1. The van der Waals surface area contributed by atoms with Crippen LogP contribution in [0.5, 0.6) is 0 Å². The number of para-hydroxylation sites is 1. The van der Waals surface area contributed by atoms with Crippen molar-refractivity contribution in [3.63, 3.8) is 0 Å². The van der Waals surface area contributed by atoms with Gasteiger partial charge >= 0.3 is 0 Å². The van der Waals surface area contributed by atoms with Gasteiger partial charge in [0.25, 0.3) is 0 Å². The highest BCUT2D eigenvalue weighted by molar-refractivity contribution is 5.81. The van der Waals surface area contributed by atoms with Crippen LogP contribution in [0.25, 0.3) is 10.9 Å². The number of aromatic nitrogens is 2. The molecule has 0 radical (unpaired) electrons. The van der Waals surface area contributed by atoms with E-state index < -0.39 is 0 Å². The third kappa shape index (κ3) is 2.35. The molecule has 16 heavy (non-hydrogen) atoms. The quantitative estimate of drug-likeness (QED) is 0.728. The Morgan fingerprint density at radius 2 is 1.81 bits per heavy atom. The molecule has 0 spiro atoms. The molecule has 3 heteroatoms. The molecule has 0 unspecified atom stereocenters. The van der Waals surface area contributed by atoms with Crippen molar-refractivity contribution in [1.82, 2.24) is 9.97 Å². The molecule has 2 rings (SSSR count). The van der Waals surface area contributed by atoms with Crippen LogP contribution in [0.1, 0.15) is 39.3 Å². The van der Waals surface area contributed by atoms with E-state index in [-0.39, 0.29) is 11.7 Å². The van der Waals surface area contributed by atoms with Gasteiger partial charge in [-0.05, 0) is 12.0 Å². The first-order chi connectivity index (χ1) is 7.70. The van der Waals surface area contributed by atoms with E-state index in [9.17, 15) is 4.39 Å². The SMILES string of the molecule is CC.CC(C)c1ncnc2c(F)cccc12. The van der Waals surface area contributed by atoms with E-state index >= 15 is 0 Å². The monoisotopic (exact) mass is 220 g/mol. The first kappa shape index (κ1) is 12.6. The van der Waals surface area contributed by atoms with Gasteiger partial charge in [0.05, 0.1) is 5.69 Å². The second kappa shape index (κ2) is 5.54. The van der Waals surface area contributed by atoms with Gasteiger partial charge in [-0.15, -0.1) is 0 Å². The van der Waals surface area contributed by atoms with Crippen molar-refractivity contribution in [2.45, 2.75) is 33.6 Å². The van der Waals surface area contributed by atoms with Crippen LogP contribution in [0.4, 0.5) is 4.39 Å². The van der Waals surface area contributed by atoms with Crippen LogP contribution in [0.15, 0.2) is 24.5 Å². The molecule has 0 saturated heterocycles. The van der Waals surface area contributed by atoms with Crippen molar-refractivity contribution in [2.75, 3.05) is 0 Å². The second-order valence-corrected chi connectivity index (χ2v) is 3.55. The lowest BCUT2D eigenvalue weighted by atomic mass is 10.0. The van der Waals surface area contributed by atoms with E-state index in [2.05, 4.69) is 9.97 Å². The lowest BCUT2D eigenvalue weighted by Gasteiger charge is -2.07. The molecule has 1 aromatic heterocycles. The minimum atomic E-state index is -0.285. The van der Waals surface area contributed by atoms with Crippen LogP contribution in [-0.4, -0.2) is 9.97 Å². The average molecular weight is 220 g/mol. The third-order valence-corrected chi connectivity index (χ3v) is 2.19. The topological polar surface area (TPSA) is 25.8 Å². The molecule has 0 bridgehead atoms. The van der Waals surface area contributed by atoms with Crippen molar-refractivity contribution in [3.8, 4) is 0 Å². The van der Waals surface area contributed by atoms with Gasteiger partial charge < -0.3 is 0 Å². The maximum absolute atomic E-state index is 13.3. The van der Waals surface area contributed by atoms with Gasteiger partial charge in [0.2, 0.25) is 0 Å². The smallest absolute Gasteiger partial charge is 0.149 e. The number of benzene rings is 1. The third-order valence-electron chi connectivity index (χ3n) is 2.19. The fourth-order valence-corrected chi connectivity index (χ4v) is 1.53. The normalized spacial score (nSPS) is 10.1. The Morgan fingerprint density at radius 3 is 2.44 bits per heavy atom. The maximum Gasteiger partial charge on any atom is 0.149 e. The van der Waals surface area contributed by atoms with Crippen molar-refractivity contribution in [2.24, 2.45) is 0 Å². The lowest BCUT2D eigenvalue weighted by molar-refractivity contribution is 0.636. The molecular formula is C13H17FN2. The van der Waals surface area contributed by atoms with E-state index in [1.807, 2.05) is 33.8 Å². The molecular weight excluding hydrogens is 203 g/mol. The lowest BCUT2D eigenvalue weighted by Crippen LogP contribution is -1.96. The highest BCUT2D eigenvalue weighted by Crippen LogP contribution is 2.22. The van der Waals surface area contributed by atoms with Gasteiger partial charge in [0.1, 0.15) is 17.7 Å². The van der Waals surface area contributed by atoms with Crippen LogP contribution in [0.2, 0.25) is 0 Å². The minimum Gasteiger partial charge on any atom is -0.240 e. The summed E-state index contributed by atoms with van der Waals surface area (Å²) in [6, 6.07) is 4.96. The van der Waals surface area contributed by atoms with Gasteiger partial charge in [-0.25, -0.2) is 14.4 Å². The van der Waals surface area contributed by atoms with Gasteiger partial charge in [0.15, 0.2) is 0 Å². The number of rotatable bonds is 1. The predicted octanol–water partition coefficient (Wildman–Crippen LogP) is 3.92. The molecule has 0 saturated carbocycles. The Labute approximate surface area is 95.5 Å². The van der Waals surface area contributed by atoms with Crippen molar-refractivity contribution in [1.29, 1.82) is 0 Å². The van der Waals surface area contributed by atoms with Gasteiger partial charge in [-0.3, -0.25) is 0 Å². The molecule has 2 aromatic rings. The predicted molar refractivity (Wildman–Crippen MR) is 64.9 cm³/mol. The highest BCUT2D eigenvalue weighted by Gasteiger charge is 2.09. The molecule has 0 fully saturated rings. The zero-order valence-electron chi connectivity index (χ0n) is 10.2. The van der Waals surface area contributed by atoms with E-state index in [4.69, 9.17) is 0 Å². The Morgan fingerprint density at radius 1 is 1.12 bits per heavy atom. The largest absolute Gasteiger partial charge is 0.240 e. The average Bonchev–Trinajstić information content (AvgIpc) is 2.31. The molecule has 0 N–H and O–H groups in total. The van der Waals surface area contributed by atoms with Gasteiger partial charge in [-0.1, -0.05) is 39.8 Å². The number of halogens is 1. The van der Waals surface area contributed by atoms with Gasteiger partial charge in [0, 0.05) is 5.39 Å². The van der Waals surface area contributed by atoms with Crippen molar-refractivity contribution < 1.29 is 4.39 Å². The zero-order valence-corrected chi connectivity index (χ0v) is 10.2. The maximum atomic E-state index is 13.3. The molecule has 0 aliphatic heterocycles. The molecule has 0 atom stereocenters. The van der Waals surface area contributed by atoms with Crippen molar-refractivity contribution >= 4 is 10.9 Å². The molecule has 2 nitrogen and oxygen atoms in total. The number of nitrogens with zero attached hydrogens (tertiary/aromatic N) is 2. The summed E-state index contributed by atoms with van der Waals surface area (Å²) in [5, 5.41) is 0.808. The Hall–Kier alpha value is -1.51. The second-order valence-electron chi connectivity index (χ2n) is 3.55. The zero-order chi connectivity index (χ0) is 12.1. The Kier molecular flexibility index (Phi) is 4.35. The number of hydrogen-bond donors (Lipinski definition) is 0. The Bertz CT molecular complexity index is 466. The summed E-state index contributed by atoms with van der Waals surface area (Å²) in [5.74, 6) is -0.00546. The van der Waals surface area contributed by atoms with Crippen LogP contribution in [-0.2, 0) is 0 Å². The first-order valence-electron chi connectivity index (χ1n) is 5.59. The fraction of sp³-hybridized carbons (Fsp3) is 0.385. The minimum absolute atomic E-state index is 0.280. The molecule has 1 aromatic carbocycles. The molecule has 0 amide bonds. The van der Waals surface area contributed by atoms with Crippen LogP contribution in [0.3, 0.4) is 0 Å². The summed E-state index contributed by atoms with van der Waals surface area (Å²) >= 11 is 0. The van der Waals surface area contributed by atoms with E-state index in [0.29, 0.717) is 5.52 Å². The summed E-state index contributed by atoms with van der Waals surface area (Å²) in [6.45, 7) is 8.07. The van der Waals surface area contributed by atoms with Crippen molar-refractivity contribution in [3.05, 3.63) is 36.0 Å². The summed E-state index contributed by atoms with van der Waals surface area (Å²) in [7, 11) is 0. The van der Waals surface area contributed by atoms with E-state index in [0.717, 1.165) is 11.1 Å². The van der Waals surface area contributed by atoms with Crippen LogP contribution in [0, 0.1) is 5.82 Å². The first-order valence-corrected chi connectivity index (χ1v) is 5.59.